The highest BCUT2D eigenvalue weighted by Crippen LogP contribution is 2.27. The maximum Gasteiger partial charge on any atom is 0.267 e. The summed E-state index contributed by atoms with van der Waals surface area (Å²) >= 11 is 0. The molecule has 2 heterocycles. The van der Waals surface area contributed by atoms with Gasteiger partial charge in [0.2, 0.25) is 0 Å². The first-order valence-corrected chi connectivity index (χ1v) is 7.85. The Kier molecular flexibility index (Phi) is 4.29. The Bertz CT molecular complexity index is 710. The van der Waals surface area contributed by atoms with Gasteiger partial charge in [-0.05, 0) is 18.9 Å². The summed E-state index contributed by atoms with van der Waals surface area (Å²) < 4.78 is 1.68. The molecule has 7 heteroatoms. The molecule has 1 fully saturated rings. The zero-order chi connectivity index (χ0) is 16.4. The van der Waals surface area contributed by atoms with Crippen LogP contribution < -0.4 is 16.8 Å². The van der Waals surface area contributed by atoms with Gasteiger partial charge >= 0.3 is 0 Å². The van der Waals surface area contributed by atoms with Crippen LogP contribution in [0.15, 0.2) is 24.7 Å². The number of nitrogens with two attached hydrogens (primary N) is 2. The zero-order valence-corrected chi connectivity index (χ0v) is 13.2. The van der Waals surface area contributed by atoms with Crippen molar-refractivity contribution < 1.29 is 4.79 Å². The molecule has 3 rings (SSSR count). The van der Waals surface area contributed by atoms with Gasteiger partial charge < -0.3 is 16.8 Å². The molecule has 1 amide bonds. The Balaban J connectivity index is 1.92. The van der Waals surface area contributed by atoms with Crippen LogP contribution in [0, 0.1) is 0 Å². The van der Waals surface area contributed by atoms with Crippen LogP contribution >= 0.6 is 0 Å². The fourth-order valence-corrected chi connectivity index (χ4v) is 3.07. The van der Waals surface area contributed by atoms with Gasteiger partial charge in [0, 0.05) is 36.5 Å². The molecular formula is C16H22N6O. The van der Waals surface area contributed by atoms with Crippen molar-refractivity contribution in [2.75, 3.05) is 5.32 Å². The normalized spacial score (nSPS) is 21.1. The van der Waals surface area contributed by atoms with Crippen LogP contribution in [-0.2, 0) is 7.05 Å². The molecule has 5 N–H and O–H groups in total. The van der Waals surface area contributed by atoms with Gasteiger partial charge in [-0.25, -0.2) is 4.98 Å². The number of carbonyl (C=O) groups is 1. The minimum Gasteiger partial charge on any atom is -0.379 e. The highest BCUT2D eigenvalue weighted by molar-refractivity contribution is 5.98. The van der Waals surface area contributed by atoms with E-state index in [1.165, 1.54) is 12.8 Å². The Morgan fingerprint density at radius 2 is 2.13 bits per heavy atom. The summed E-state index contributed by atoms with van der Waals surface area (Å²) in [6.45, 7) is 0. The topological polar surface area (TPSA) is 112 Å². The number of pyridine rings is 1. The zero-order valence-electron chi connectivity index (χ0n) is 13.2. The van der Waals surface area contributed by atoms with Gasteiger partial charge in [0.15, 0.2) is 0 Å². The van der Waals surface area contributed by atoms with Crippen LogP contribution in [0.2, 0.25) is 0 Å². The summed E-state index contributed by atoms with van der Waals surface area (Å²) in [5.41, 5.74) is 14.2. The van der Waals surface area contributed by atoms with Gasteiger partial charge in [-0.2, -0.15) is 5.10 Å². The van der Waals surface area contributed by atoms with Crippen LogP contribution in [0.4, 0.5) is 5.69 Å². The molecule has 2 aromatic rings. The van der Waals surface area contributed by atoms with Gasteiger partial charge in [0.25, 0.3) is 5.91 Å². The van der Waals surface area contributed by atoms with E-state index in [1.807, 2.05) is 19.3 Å². The molecule has 122 valence electrons. The molecule has 0 radical (unpaired) electrons. The van der Waals surface area contributed by atoms with Crippen molar-refractivity contribution in [2.24, 2.45) is 18.5 Å². The summed E-state index contributed by atoms with van der Waals surface area (Å²) in [5.74, 6) is -0.551. The molecule has 0 aliphatic heterocycles. The van der Waals surface area contributed by atoms with E-state index in [-0.39, 0.29) is 17.8 Å². The smallest absolute Gasteiger partial charge is 0.267 e. The number of primary amides is 1. The molecule has 0 unspecified atom stereocenters. The second-order valence-electron chi connectivity index (χ2n) is 6.09. The minimum absolute atomic E-state index is 0.140. The van der Waals surface area contributed by atoms with Crippen LogP contribution in [-0.4, -0.2) is 32.8 Å². The fraction of sp³-hybridized carbons (Fsp3) is 0.438. The molecule has 1 aliphatic carbocycles. The third-order valence-electron chi connectivity index (χ3n) is 4.31. The van der Waals surface area contributed by atoms with Crippen LogP contribution in [0.1, 0.15) is 36.2 Å². The quantitative estimate of drug-likeness (QED) is 0.786. The van der Waals surface area contributed by atoms with E-state index in [1.54, 1.807) is 17.1 Å². The number of carbonyl (C=O) groups excluding carboxylic acids is 1. The first-order valence-electron chi connectivity index (χ1n) is 7.85. The van der Waals surface area contributed by atoms with E-state index in [9.17, 15) is 4.79 Å². The van der Waals surface area contributed by atoms with Crippen molar-refractivity contribution in [1.82, 2.24) is 14.8 Å². The number of amides is 1. The predicted molar refractivity (Wildman–Crippen MR) is 88.8 cm³/mol. The Labute approximate surface area is 135 Å². The number of aromatic nitrogens is 3. The maximum absolute atomic E-state index is 11.6. The molecule has 0 aromatic carbocycles. The van der Waals surface area contributed by atoms with Crippen molar-refractivity contribution >= 4 is 11.6 Å². The van der Waals surface area contributed by atoms with Gasteiger partial charge in [0.1, 0.15) is 5.69 Å². The molecule has 0 spiro atoms. The van der Waals surface area contributed by atoms with Gasteiger partial charge in [-0.3, -0.25) is 9.48 Å². The number of aryl methyl sites for hydroxylation is 1. The molecule has 23 heavy (non-hydrogen) atoms. The Morgan fingerprint density at radius 1 is 1.35 bits per heavy atom. The molecule has 7 nitrogen and oxygen atoms in total. The van der Waals surface area contributed by atoms with E-state index in [4.69, 9.17) is 11.5 Å². The lowest BCUT2D eigenvalue weighted by molar-refractivity contribution is 0.0996. The van der Waals surface area contributed by atoms with Crippen molar-refractivity contribution in [2.45, 2.75) is 37.8 Å². The van der Waals surface area contributed by atoms with Crippen molar-refractivity contribution in [3.63, 3.8) is 0 Å². The predicted octanol–water partition coefficient (Wildman–Crippen LogP) is 1.26. The van der Waals surface area contributed by atoms with Gasteiger partial charge in [-0.1, -0.05) is 12.8 Å². The van der Waals surface area contributed by atoms with Crippen molar-refractivity contribution in [3.8, 4) is 11.1 Å². The number of hydrogen-bond donors (Lipinski definition) is 3. The third kappa shape index (κ3) is 3.34. The van der Waals surface area contributed by atoms with E-state index < -0.39 is 5.91 Å². The lowest BCUT2D eigenvalue weighted by atomic mass is 9.91. The summed E-state index contributed by atoms with van der Waals surface area (Å²) in [6.07, 6.45) is 9.59. The third-order valence-corrected chi connectivity index (χ3v) is 4.31. The molecule has 0 saturated heterocycles. The van der Waals surface area contributed by atoms with E-state index in [2.05, 4.69) is 15.4 Å². The number of rotatable bonds is 4. The summed E-state index contributed by atoms with van der Waals surface area (Å²) in [5, 5.41) is 7.59. The lowest BCUT2D eigenvalue weighted by Crippen LogP contribution is -2.42. The number of anilines is 1. The van der Waals surface area contributed by atoms with Crippen molar-refractivity contribution in [3.05, 3.63) is 30.4 Å². The molecular weight excluding hydrogens is 292 g/mol. The first-order chi connectivity index (χ1) is 11.0. The van der Waals surface area contributed by atoms with E-state index >= 15 is 0 Å². The molecule has 1 aliphatic rings. The molecule has 1 saturated carbocycles. The maximum atomic E-state index is 11.6. The summed E-state index contributed by atoms with van der Waals surface area (Å²) in [7, 11) is 1.82. The molecule has 0 bridgehead atoms. The van der Waals surface area contributed by atoms with Crippen LogP contribution in [0.3, 0.4) is 0 Å². The summed E-state index contributed by atoms with van der Waals surface area (Å²) in [4.78, 5) is 15.9. The van der Waals surface area contributed by atoms with Crippen molar-refractivity contribution in [1.29, 1.82) is 0 Å². The van der Waals surface area contributed by atoms with Gasteiger partial charge in [-0.15, -0.1) is 0 Å². The second kappa shape index (κ2) is 6.37. The first kappa shape index (κ1) is 15.5. The average Bonchev–Trinajstić information content (AvgIpc) is 2.96. The number of nitrogens with zero attached hydrogens (tertiary/aromatic N) is 3. The highest BCUT2D eigenvalue weighted by Gasteiger charge is 2.22. The fourth-order valence-electron chi connectivity index (χ4n) is 3.07. The number of nitrogens with one attached hydrogen (secondary N) is 1. The van der Waals surface area contributed by atoms with E-state index in [0.29, 0.717) is 5.56 Å². The minimum atomic E-state index is -0.551. The summed E-state index contributed by atoms with van der Waals surface area (Å²) in [6, 6.07) is 2.26. The number of hydrogen-bond acceptors (Lipinski definition) is 5. The Morgan fingerprint density at radius 3 is 2.78 bits per heavy atom. The Hall–Kier alpha value is -2.41. The standard InChI is InChI=1S/C16H22N6O/c1-22-9-10(7-20-22)12-6-11(8-19-15(12)16(18)23)21-14-5-3-2-4-13(14)17/h6-9,13-14,21H,2-5,17H2,1H3,(H2,18,23)/t13-,14+/m0/s1. The highest BCUT2D eigenvalue weighted by atomic mass is 16.1. The SMILES string of the molecule is Cn1cc(-c2cc(N[C@@H]3CCCC[C@@H]3N)cnc2C(N)=O)cn1. The largest absolute Gasteiger partial charge is 0.379 e. The molecule has 2 aromatic heterocycles. The average molecular weight is 314 g/mol. The monoisotopic (exact) mass is 314 g/mol. The van der Waals surface area contributed by atoms with Gasteiger partial charge in [0.05, 0.1) is 18.1 Å². The van der Waals surface area contributed by atoms with E-state index in [0.717, 1.165) is 24.1 Å². The molecule has 2 atom stereocenters. The van der Waals surface area contributed by atoms with Crippen LogP contribution in [0.25, 0.3) is 11.1 Å². The lowest BCUT2D eigenvalue weighted by Gasteiger charge is -2.30. The second-order valence-corrected chi connectivity index (χ2v) is 6.09. The van der Waals surface area contributed by atoms with Crippen LogP contribution in [0.5, 0.6) is 0 Å².